The van der Waals surface area contributed by atoms with Crippen molar-refractivity contribution in [3.63, 3.8) is 0 Å². The third-order valence-corrected chi connectivity index (χ3v) is 1.61. The molecular formula is C9H15NO3. The van der Waals surface area contributed by atoms with Crippen LogP contribution in [0.15, 0.2) is 18.2 Å². The van der Waals surface area contributed by atoms with E-state index in [2.05, 4.69) is 0 Å². The molecule has 1 atom stereocenters. The Morgan fingerprint density at radius 2 is 1.85 bits per heavy atom. The fourth-order valence-corrected chi connectivity index (χ4v) is 0.884. The highest BCUT2D eigenvalue weighted by atomic mass is 16.3. The van der Waals surface area contributed by atoms with Crippen LogP contribution >= 0.6 is 0 Å². The number of aliphatic hydroxyl groups excluding tert-OH is 1. The van der Waals surface area contributed by atoms with Crippen LogP contribution in [0.1, 0.15) is 19.1 Å². The number of hydrogen-bond acceptors (Lipinski definition) is 4. The molecule has 0 saturated heterocycles. The molecule has 13 heavy (non-hydrogen) atoms. The van der Waals surface area contributed by atoms with Gasteiger partial charge >= 0.3 is 0 Å². The highest BCUT2D eigenvalue weighted by molar-refractivity contribution is 5.41. The van der Waals surface area contributed by atoms with Gasteiger partial charge in [-0.1, -0.05) is 13.5 Å². The molecule has 5 N–H and O–H groups in total. The molecule has 0 aliphatic rings. The molecule has 74 valence electrons. The van der Waals surface area contributed by atoms with Crippen molar-refractivity contribution in [2.24, 2.45) is 5.73 Å². The molecule has 4 heteroatoms. The SMILES string of the molecule is C.NCC(O)c1ccc(O)c(O)c1. The lowest BCUT2D eigenvalue weighted by Crippen LogP contribution is -2.11. The second-order valence-electron chi connectivity index (χ2n) is 2.50. The van der Waals surface area contributed by atoms with E-state index in [1.165, 1.54) is 18.2 Å². The number of rotatable bonds is 2. The van der Waals surface area contributed by atoms with E-state index >= 15 is 0 Å². The van der Waals surface area contributed by atoms with Gasteiger partial charge in [-0.05, 0) is 17.7 Å². The van der Waals surface area contributed by atoms with Crippen LogP contribution in [-0.2, 0) is 0 Å². The van der Waals surface area contributed by atoms with Crippen LogP contribution in [0, 0.1) is 0 Å². The Labute approximate surface area is 77.3 Å². The monoisotopic (exact) mass is 185 g/mol. The van der Waals surface area contributed by atoms with E-state index in [1.807, 2.05) is 0 Å². The van der Waals surface area contributed by atoms with Crippen molar-refractivity contribution >= 4 is 0 Å². The van der Waals surface area contributed by atoms with Gasteiger partial charge in [-0.2, -0.15) is 0 Å². The number of nitrogens with two attached hydrogens (primary N) is 1. The van der Waals surface area contributed by atoms with E-state index in [0.717, 1.165) is 0 Å². The van der Waals surface area contributed by atoms with Gasteiger partial charge in [0.25, 0.3) is 0 Å². The van der Waals surface area contributed by atoms with Crippen molar-refractivity contribution in [2.75, 3.05) is 6.54 Å². The van der Waals surface area contributed by atoms with Crippen molar-refractivity contribution in [3.8, 4) is 11.5 Å². The topological polar surface area (TPSA) is 86.7 Å². The van der Waals surface area contributed by atoms with Crippen LogP contribution in [0.4, 0.5) is 0 Å². The molecule has 0 bridgehead atoms. The average Bonchev–Trinajstić information content (AvgIpc) is 2.08. The summed E-state index contributed by atoms with van der Waals surface area (Å²) in [6.07, 6.45) is -0.795. The second kappa shape index (κ2) is 4.69. The van der Waals surface area contributed by atoms with Gasteiger partial charge in [0.05, 0.1) is 6.10 Å². The fourth-order valence-electron chi connectivity index (χ4n) is 0.884. The molecule has 0 fully saturated rings. The normalized spacial score (nSPS) is 11.8. The number of benzene rings is 1. The largest absolute Gasteiger partial charge is 0.504 e. The Bertz CT molecular complexity index is 276. The van der Waals surface area contributed by atoms with E-state index in [4.69, 9.17) is 15.9 Å². The Kier molecular flexibility index (Phi) is 4.23. The summed E-state index contributed by atoms with van der Waals surface area (Å²) in [6.45, 7) is 0.0875. The van der Waals surface area contributed by atoms with Crippen molar-refractivity contribution in [2.45, 2.75) is 13.5 Å². The van der Waals surface area contributed by atoms with Crippen LogP contribution in [0.3, 0.4) is 0 Å². The highest BCUT2D eigenvalue weighted by Crippen LogP contribution is 2.27. The molecule has 0 aromatic heterocycles. The zero-order valence-corrected chi connectivity index (χ0v) is 6.44. The fraction of sp³-hybridized carbons (Fsp3) is 0.333. The summed E-state index contributed by atoms with van der Waals surface area (Å²) in [5, 5.41) is 27.2. The summed E-state index contributed by atoms with van der Waals surface area (Å²) < 4.78 is 0. The summed E-state index contributed by atoms with van der Waals surface area (Å²) in [4.78, 5) is 0. The molecule has 0 radical (unpaired) electrons. The molecule has 1 rings (SSSR count). The Morgan fingerprint density at radius 1 is 1.23 bits per heavy atom. The van der Waals surface area contributed by atoms with Crippen LogP contribution in [0.25, 0.3) is 0 Å². The minimum absolute atomic E-state index is 0. The lowest BCUT2D eigenvalue weighted by atomic mass is 10.1. The number of phenolic OH excluding ortho intramolecular Hbond substituents is 2. The first kappa shape index (κ1) is 11.7. The number of aliphatic hydroxyl groups is 1. The second-order valence-corrected chi connectivity index (χ2v) is 2.50. The molecule has 1 aromatic carbocycles. The number of aromatic hydroxyl groups is 2. The van der Waals surface area contributed by atoms with Crippen molar-refractivity contribution in [1.29, 1.82) is 0 Å². The van der Waals surface area contributed by atoms with Gasteiger partial charge in [0.1, 0.15) is 0 Å². The van der Waals surface area contributed by atoms with Gasteiger partial charge in [-0.15, -0.1) is 0 Å². The summed E-state index contributed by atoms with van der Waals surface area (Å²) in [7, 11) is 0. The zero-order chi connectivity index (χ0) is 9.14. The van der Waals surface area contributed by atoms with Gasteiger partial charge in [0.2, 0.25) is 0 Å². The van der Waals surface area contributed by atoms with Gasteiger partial charge in [-0.3, -0.25) is 0 Å². The lowest BCUT2D eigenvalue weighted by Gasteiger charge is -2.08. The third-order valence-electron chi connectivity index (χ3n) is 1.61. The summed E-state index contributed by atoms with van der Waals surface area (Å²) in [5.74, 6) is -0.456. The summed E-state index contributed by atoms with van der Waals surface area (Å²) in [5.41, 5.74) is 5.69. The van der Waals surface area contributed by atoms with Gasteiger partial charge in [0, 0.05) is 6.54 Å². The Balaban J connectivity index is 0.00000144. The van der Waals surface area contributed by atoms with E-state index in [9.17, 15) is 5.11 Å². The first-order valence-electron chi connectivity index (χ1n) is 3.55. The minimum atomic E-state index is -0.795. The maximum atomic E-state index is 9.23. The van der Waals surface area contributed by atoms with Crippen LogP contribution in [-0.4, -0.2) is 21.9 Å². The van der Waals surface area contributed by atoms with E-state index in [1.54, 1.807) is 0 Å². The molecule has 0 aliphatic heterocycles. The molecule has 1 unspecified atom stereocenters. The van der Waals surface area contributed by atoms with Crippen LogP contribution in [0.5, 0.6) is 11.5 Å². The molecule has 0 saturated carbocycles. The lowest BCUT2D eigenvalue weighted by molar-refractivity contribution is 0.186. The van der Waals surface area contributed by atoms with Crippen LogP contribution in [0.2, 0.25) is 0 Å². The Morgan fingerprint density at radius 3 is 2.31 bits per heavy atom. The predicted octanol–water partition coefficient (Wildman–Crippen LogP) is 0.726. The standard InChI is InChI=1S/C8H11NO3.CH4/c9-4-8(12)5-1-2-6(10)7(11)3-5;/h1-3,8,10-12H,4,9H2;1H4. The molecule has 4 nitrogen and oxygen atoms in total. The summed E-state index contributed by atoms with van der Waals surface area (Å²) in [6, 6.07) is 4.10. The highest BCUT2D eigenvalue weighted by Gasteiger charge is 2.07. The van der Waals surface area contributed by atoms with Crippen molar-refractivity contribution in [1.82, 2.24) is 0 Å². The minimum Gasteiger partial charge on any atom is -0.504 e. The van der Waals surface area contributed by atoms with E-state index in [-0.39, 0.29) is 25.5 Å². The van der Waals surface area contributed by atoms with Crippen LogP contribution < -0.4 is 5.73 Å². The van der Waals surface area contributed by atoms with Crippen molar-refractivity contribution in [3.05, 3.63) is 23.8 Å². The average molecular weight is 185 g/mol. The molecule has 0 spiro atoms. The molecular weight excluding hydrogens is 170 g/mol. The zero-order valence-electron chi connectivity index (χ0n) is 6.44. The summed E-state index contributed by atoms with van der Waals surface area (Å²) >= 11 is 0. The smallest absolute Gasteiger partial charge is 0.157 e. The quantitative estimate of drug-likeness (QED) is 0.511. The Hall–Kier alpha value is -1.26. The van der Waals surface area contributed by atoms with E-state index < -0.39 is 6.10 Å². The van der Waals surface area contributed by atoms with E-state index in [0.29, 0.717) is 5.56 Å². The molecule has 0 aliphatic carbocycles. The predicted molar refractivity (Wildman–Crippen MR) is 50.5 cm³/mol. The number of hydrogen-bond donors (Lipinski definition) is 4. The first-order valence-corrected chi connectivity index (χ1v) is 3.55. The van der Waals surface area contributed by atoms with Gasteiger partial charge in [0.15, 0.2) is 11.5 Å². The maximum absolute atomic E-state index is 9.23. The van der Waals surface area contributed by atoms with Gasteiger partial charge < -0.3 is 21.1 Å². The first-order chi connectivity index (χ1) is 5.65. The van der Waals surface area contributed by atoms with Gasteiger partial charge in [-0.25, -0.2) is 0 Å². The molecule has 1 aromatic rings. The maximum Gasteiger partial charge on any atom is 0.157 e. The third kappa shape index (κ3) is 2.61. The molecule has 0 heterocycles. The number of phenols is 2. The van der Waals surface area contributed by atoms with Crippen molar-refractivity contribution < 1.29 is 15.3 Å². The molecule has 0 amide bonds.